The molecule has 0 amide bonds. The van der Waals surface area contributed by atoms with E-state index in [9.17, 15) is 0 Å². The van der Waals surface area contributed by atoms with E-state index in [1.807, 2.05) is 24.3 Å². The molecule has 0 atom stereocenters. The highest BCUT2D eigenvalue weighted by Crippen LogP contribution is 2.63. The normalized spacial score (nSPS) is 13.4. The van der Waals surface area contributed by atoms with E-state index in [1.165, 1.54) is 55.3 Å². The van der Waals surface area contributed by atoms with Gasteiger partial charge in [0.1, 0.15) is 11.2 Å². The Balaban J connectivity index is 1.15. The van der Waals surface area contributed by atoms with Gasteiger partial charge in [0.2, 0.25) is 5.95 Å². The van der Waals surface area contributed by atoms with Gasteiger partial charge in [-0.25, -0.2) is 9.97 Å². The number of furan rings is 1. The molecule has 0 radical (unpaired) electrons. The van der Waals surface area contributed by atoms with Crippen molar-refractivity contribution in [3.8, 4) is 50.7 Å². The van der Waals surface area contributed by atoms with E-state index in [-0.39, 0.29) is 0 Å². The minimum Gasteiger partial charge on any atom is -0.456 e. The summed E-state index contributed by atoms with van der Waals surface area (Å²) < 4.78 is 8.65. The first kappa shape index (κ1) is 30.7. The maximum atomic E-state index is 6.36. The van der Waals surface area contributed by atoms with Gasteiger partial charge < -0.3 is 4.42 Å². The van der Waals surface area contributed by atoms with Crippen molar-refractivity contribution in [1.82, 2.24) is 14.5 Å². The Bertz CT molecular complexity index is 3440. The van der Waals surface area contributed by atoms with Crippen LogP contribution in [0.25, 0.3) is 94.5 Å². The third kappa shape index (κ3) is 4.01. The van der Waals surface area contributed by atoms with Crippen LogP contribution in [0.15, 0.2) is 192 Å². The first-order valence-corrected chi connectivity index (χ1v) is 19.5. The molecule has 0 N–H and O–H groups in total. The van der Waals surface area contributed by atoms with Crippen LogP contribution in [-0.2, 0) is 5.41 Å². The van der Waals surface area contributed by atoms with Crippen LogP contribution < -0.4 is 0 Å². The van der Waals surface area contributed by atoms with Crippen molar-refractivity contribution < 1.29 is 4.42 Å². The van der Waals surface area contributed by atoms with Crippen LogP contribution in [0.4, 0.5) is 0 Å². The summed E-state index contributed by atoms with van der Waals surface area (Å²) in [6.45, 7) is 0. The third-order valence-electron chi connectivity index (χ3n) is 12.5. The van der Waals surface area contributed by atoms with Gasteiger partial charge in [-0.1, -0.05) is 152 Å². The van der Waals surface area contributed by atoms with E-state index in [4.69, 9.17) is 14.4 Å². The standard InChI is InChI=1S/C53H31N3O/c1-2-15-32(16-3-1)45-31-46(37-22-14-28-50-51(37)38-21-8-13-27-49(38)57-50)55-52(54-45)56-47-26-12-7-20-36(47)40-29-39-35-19-6-11-25-43(35)53(44(39)30-48(40)56)41-23-9-4-17-33(41)34-18-5-10-24-42(34)53/h1-31H. The molecule has 2 aliphatic carbocycles. The van der Waals surface area contributed by atoms with Crippen molar-refractivity contribution in [2.24, 2.45) is 0 Å². The predicted octanol–water partition coefficient (Wildman–Crippen LogP) is 13.2. The lowest BCUT2D eigenvalue weighted by molar-refractivity contribution is 0.669. The molecule has 0 unspecified atom stereocenters. The maximum Gasteiger partial charge on any atom is 0.235 e. The molecule has 3 aromatic heterocycles. The van der Waals surface area contributed by atoms with Crippen LogP contribution in [-0.4, -0.2) is 14.5 Å². The molecule has 4 heteroatoms. The van der Waals surface area contributed by atoms with Gasteiger partial charge in [0.05, 0.1) is 27.8 Å². The summed E-state index contributed by atoms with van der Waals surface area (Å²) in [6, 6.07) is 67.6. The monoisotopic (exact) mass is 725 g/mol. The van der Waals surface area contributed by atoms with Gasteiger partial charge in [-0.05, 0) is 80.9 Å². The second-order valence-electron chi connectivity index (χ2n) is 15.2. The minimum atomic E-state index is -0.468. The number of aromatic nitrogens is 3. The zero-order valence-corrected chi connectivity index (χ0v) is 30.6. The summed E-state index contributed by atoms with van der Waals surface area (Å²) in [5, 5.41) is 4.46. The smallest absolute Gasteiger partial charge is 0.235 e. The molecule has 3 heterocycles. The van der Waals surface area contributed by atoms with Crippen LogP contribution in [0.3, 0.4) is 0 Å². The molecule has 1 spiro atoms. The zero-order chi connectivity index (χ0) is 37.2. The summed E-state index contributed by atoms with van der Waals surface area (Å²) in [5.74, 6) is 0.624. The van der Waals surface area contributed by atoms with Gasteiger partial charge in [0.15, 0.2) is 0 Å². The summed E-state index contributed by atoms with van der Waals surface area (Å²) in [6.07, 6.45) is 0. The Labute approximate surface area is 328 Å². The Kier molecular flexibility index (Phi) is 6.07. The highest BCUT2D eigenvalue weighted by Gasteiger charge is 2.51. The van der Waals surface area contributed by atoms with Gasteiger partial charge in [0.25, 0.3) is 0 Å². The molecular weight excluding hydrogens is 695 g/mol. The highest BCUT2D eigenvalue weighted by molar-refractivity contribution is 6.14. The Morgan fingerprint density at radius 2 is 0.965 bits per heavy atom. The van der Waals surface area contributed by atoms with E-state index in [0.29, 0.717) is 5.95 Å². The number of hydrogen-bond acceptors (Lipinski definition) is 3. The number of benzene rings is 8. The lowest BCUT2D eigenvalue weighted by Crippen LogP contribution is -2.25. The molecule has 0 saturated heterocycles. The minimum absolute atomic E-state index is 0.468. The average Bonchev–Trinajstić information content (AvgIpc) is 3.99. The van der Waals surface area contributed by atoms with E-state index >= 15 is 0 Å². The quantitative estimate of drug-likeness (QED) is 0.182. The topological polar surface area (TPSA) is 43.9 Å². The van der Waals surface area contributed by atoms with Gasteiger partial charge in [-0.3, -0.25) is 4.57 Å². The summed E-state index contributed by atoms with van der Waals surface area (Å²) in [7, 11) is 0. The predicted molar refractivity (Wildman–Crippen MR) is 231 cm³/mol. The van der Waals surface area contributed by atoms with E-state index < -0.39 is 5.41 Å². The molecule has 0 aliphatic heterocycles. The fraction of sp³-hybridized carbons (Fsp3) is 0.0189. The Morgan fingerprint density at radius 3 is 1.72 bits per heavy atom. The first-order valence-electron chi connectivity index (χ1n) is 19.5. The van der Waals surface area contributed by atoms with Crippen LogP contribution in [0.2, 0.25) is 0 Å². The van der Waals surface area contributed by atoms with Crippen molar-refractivity contribution in [2.75, 3.05) is 0 Å². The fourth-order valence-corrected chi connectivity index (χ4v) is 10.2. The van der Waals surface area contributed by atoms with Crippen molar-refractivity contribution in [3.05, 3.63) is 210 Å². The molecule has 8 aromatic carbocycles. The summed E-state index contributed by atoms with van der Waals surface area (Å²) in [4.78, 5) is 10.9. The molecule has 11 aromatic rings. The van der Waals surface area contributed by atoms with E-state index in [2.05, 4.69) is 168 Å². The lowest BCUT2D eigenvalue weighted by atomic mass is 9.70. The van der Waals surface area contributed by atoms with Crippen LogP contribution >= 0.6 is 0 Å². The van der Waals surface area contributed by atoms with Gasteiger partial charge in [-0.15, -0.1) is 0 Å². The Morgan fingerprint density at radius 1 is 0.386 bits per heavy atom. The fourth-order valence-electron chi connectivity index (χ4n) is 10.2. The van der Waals surface area contributed by atoms with E-state index in [0.717, 1.165) is 55.5 Å². The van der Waals surface area contributed by atoms with Crippen LogP contribution in [0, 0.1) is 0 Å². The first-order chi connectivity index (χ1) is 28.3. The second kappa shape index (κ2) is 11.2. The molecule has 4 nitrogen and oxygen atoms in total. The maximum absolute atomic E-state index is 6.36. The molecule has 2 aliphatic rings. The summed E-state index contributed by atoms with van der Waals surface area (Å²) in [5.41, 5.74) is 17.5. The molecule has 0 bridgehead atoms. The zero-order valence-electron chi connectivity index (χ0n) is 30.6. The SMILES string of the molecule is c1ccc(-c2cc(-c3cccc4oc5ccccc5c34)nc(-n3c4ccccc4c4cc5c(cc43)C3(c4ccccc4-c4ccccc43)c3ccccc3-5)n2)cc1. The molecule has 13 rings (SSSR count). The molecular formula is C53H31N3O. The lowest BCUT2D eigenvalue weighted by Gasteiger charge is -2.30. The average molecular weight is 726 g/mol. The largest absolute Gasteiger partial charge is 0.456 e. The van der Waals surface area contributed by atoms with Crippen molar-refractivity contribution >= 4 is 43.7 Å². The van der Waals surface area contributed by atoms with Gasteiger partial charge >= 0.3 is 0 Å². The number of nitrogens with zero attached hydrogens (tertiary/aromatic N) is 3. The number of rotatable bonds is 3. The number of hydrogen-bond donors (Lipinski definition) is 0. The second-order valence-corrected chi connectivity index (χ2v) is 15.2. The van der Waals surface area contributed by atoms with Crippen molar-refractivity contribution in [3.63, 3.8) is 0 Å². The van der Waals surface area contributed by atoms with Crippen LogP contribution in [0.1, 0.15) is 22.3 Å². The third-order valence-corrected chi connectivity index (χ3v) is 12.5. The van der Waals surface area contributed by atoms with E-state index in [1.54, 1.807) is 0 Å². The van der Waals surface area contributed by atoms with Gasteiger partial charge in [0, 0.05) is 32.7 Å². The number of fused-ring (bicyclic) bond motifs is 16. The molecule has 0 saturated carbocycles. The van der Waals surface area contributed by atoms with Crippen LogP contribution in [0.5, 0.6) is 0 Å². The number of para-hydroxylation sites is 2. The molecule has 0 fully saturated rings. The van der Waals surface area contributed by atoms with Crippen molar-refractivity contribution in [2.45, 2.75) is 5.41 Å². The molecule has 264 valence electrons. The Hall–Kier alpha value is -7.56. The van der Waals surface area contributed by atoms with Gasteiger partial charge in [-0.2, -0.15) is 0 Å². The highest BCUT2D eigenvalue weighted by atomic mass is 16.3. The van der Waals surface area contributed by atoms with Crippen molar-refractivity contribution in [1.29, 1.82) is 0 Å². The summed E-state index contributed by atoms with van der Waals surface area (Å²) >= 11 is 0. The molecule has 57 heavy (non-hydrogen) atoms.